The van der Waals surface area contributed by atoms with Gasteiger partial charge in [-0.1, -0.05) is 48.2 Å². The van der Waals surface area contributed by atoms with Crippen LogP contribution in [0.5, 0.6) is 0 Å². The lowest BCUT2D eigenvalue weighted by Crippen LogP contribution is -2.20. The molecule has 0 aromatic heterocycles. The Labute approximate surface area is 177 Å². The minimum Gasteiger partial charge on any atom is -0.378 e. The van der Waals surface area contributed by atoms with Crippen molar-refractivity contribution in [2.75, 3.05) is 0 Å². The van der Waals surface area contributed by atoms with E-state index >= 15 is 0 Å². The maximum absolute atomic E-state index is 10.4. The van der Waals surface area contributed by atoms with Gasteiger partial charge in [0, 0.05) is 0 Å². The molecule has 10 heteroatoms. The van der Waals surface area contributed by atoms with E-state index in [1.165, 1.54) is 24.3 Å². The fourth-order valence-electron chi connectivity index (χ4n) is 1.49. The van der Waals surface area contributed by atoms with Gasteiger partial charge < -0.3 is 10.2 Å². The second kappa shape index (κ2) is 11.2. The Morgan fingerprint density at radius 3 is 0.967 bits per heavy atom. The SMILES string of the molecule is CC(C)(O)C#CC(C)(C)O.O=S(=O)(O)c1ccccc1.O=S(=O)(O)c1ccccc1. The lowest BCUT2D eigenvalue weighted by atomic mass is 10.1. The number of hydrogen-bond donors (Lipinski definition) is 4. The molecule has 0 spiro atoms. The van der Waals surface area contributed by atoms with E-state index in [-0.39, 0.29) is 9.79 Å². The Bertz CT molecular complexity index is 952. The van der Waals surface area contributed by atoms with Crippen LogP contribution in [0.4, 0.5) is 0 Å². The van der Waals surface area contributed by atoms with Crippen LogP contribution < -0.4 is 0 Å². The second-order valence-electron chi connectivity index (χ2n) is 6.94. The smallest absolute Gasteiger partial charge is 0.294 e. The van der Waals surface area contributed by atoms with E-state index in [0.717, 1.165) is 0 Å². The third-order valence-corrected chi connectivity index (χ3v) is 4.49. The van der Waals surface area contributed by atoms with Crippen LogP contribution in [0.2, 0.25) is 0 Å². The highest BCUT2D eigenvalue weighted by Gasteiger charge is 2.11. The van der Waals surface area contributed by atoms with Crippen LogP contribution in [0.25, 0.3) is 0 Å². The maximum Gasteiger partial charge on any atom is 0.294 e. The van der Waals surface area contributed by atoms with Gasteiger partial charge >= 0.3 is 0 Å². The highest BCUT2D eigenvalue weighted by Crippen LogP contribution is 2.06. The van der Waals surface area contributed by atoms with Crippen molar-refractivity contribution >= 4 is 20.2 Å². The summed E-state index contributed by atoms with van der Waals surface area (Å²) in [6, 6.07) is 14.8. The summed E-state index contributed by atoms with van der Waals surface area (Å²) >= 11 is 0. The number of hydrogen-bond acceptors (Lipinski definition) is 6. The Morgan fingerprint density at radius 2 is 0.833 bits per heavy atom. The van der Waals surface area contributed by atoms with E-state index in [1.54, 1.807) is 64.1 Å². The van der Waals surface area contributed by atoms with Crippen LogP contribution in [-0.2, 0) is 20.2 Å². The molecule has 0 bridgehead atoms. The molecular weight excluding hydrogens is 432 g/mol. The molecule has 2 aromatic carbocycles. The van der Waals surface area contributed by atoms with Crippen LogP contribution in [0.3, 0.4) is 0 Å². The summed E-state index contributed by atoms with van der Waals surface area (Å²) in [5.41, 5.74) is -2.03. The molecule has 0 saturated heterocycles. The molecule has 0 aliphatic heterocycles. The fraction of sp³-hybridized carbons (Fsp3) is 0.300. The number of aliphatic hydroxyl groups is 2. The quantitative estimate of drug-likeness (QED) is 0.396. The minimum absolute atomic E-state index is 0.0741. The van der Waals surface area contributed by atoms with Crippen molar-refractivity contribution in [2.45, 2.75) is 48.7 Å². The molecule has 30 heavy (non-hydrogen) atoms. The van der Waals surface area contributed by atoms with Gasteiger partial charge in [-0.15, -0.1) is 0 Å². The van der Waals surface area contributed by atoms with Crippen molar-refractivity contribution in [3.63, 3.8) is 0 Å². The highest BCUT2D eigenvalue weighted by molar-refractivity contribution is 7.86. The standard InChI is InChI=1S/C8H14O2.2C6H6O3S/c1-7(2,9)5-6-8(3,4)10;2*7-10(8,9)6-4-2-1-3-5-6/h9-10H,1-4H3;2*1-5H,(H,7,8,9). The van der Waals surface area contributed by atoms with Crippen molar-refractivity contribution in [1.29, 1.82) is 0 Å². The van der Waals surface area contributed by atoms with Gasteiger partial charge in [0.05, 0.1) is 9.79 Å². The normalized spacial score (nSPS) is 11.6. The monoisotopic (exact) mass is 458 g/mol. The van der Waals surface area contributed by atoms with E-state index < -0.39 is 31.4 Å². The van der Waals surface area contributed by atoms with Crippen LogP contribution in [0.1, 0.15) is 27.7 Å². The zero-order valence-electron chi connectivity index (χ0n) is 17.0. The Morgan fingerprint density at radius 1 is 0.600 bits per heavy atom. The first kappa shape index (κ1) is 27.7. The first-order valence-electron chi connectivity index (χ1n) is 8.46. The fourth-order valence-corrected chi connectivity index (χ4v) is 2.49. The number of benzene rings is 2. The average Bonchev–Trinajstić information content (AvgIpc) is 2.60. The van der Waals surface area contributed by atoms with E-state index in [2.05, 4.69) is 11.8 Å². The topological polar surface area (TPSA) is 149 Å². The first-order chi connectivity index (χ1) is 13.4. The molecule has 8 nitrogen and oxygen atoms in total. The molecule has 0 amide bonds. The first-order valence-corrected chi connectivity index (χ1v) is 11.3. The van der Waals surface area contributed by atoms with Gasteiger partial charge in [0.2, 0.25) is 0 Å². The molecular formula is C20H26O8S2. The zero-order valence-corrected chi connectivity index (χ0v) is 18.6. The summed E-state index contributed by atoms with van der Waals surface area (Å²) in [4.78, 5) is -0.148. The predicted molar refractivity (Wildman–Crippen MR) is 113 cm³/mol. The summed E-state index contributed by atoms with van der Waals surface area (Å²) in [6.07, 6.45) is 0. The molecule has 0 fully saturated rings. The van der Waals surface area contributed by atoms with E-state index in [9.17, 15) is 16.8 Å². The minimum atomic E-state index is -4.00. The molecule has 0 atom stereocenters. The van der Waals surface area contributed by atoms with Crippen LogP contribution >= 0.6 is 0 Å². The predicted octanol–water partition coefficient (Wildman–Crippen LogP) is 2.40. The third-order valence-electron chi connectivity index (χ3n) is 2.76. The Balaban J connectivity index is 0.000000420. The summed E-state index contributed by atoms with van der Waals surface area (Å²) in [5.74, 6) is 5.03. The van der Waals surface area contributed by atoms with Gasteiger partial charge in [-0.2, -0.15) is 16.8 Å². The van der Waals surface area contributed by atoms with E-state index in [4.69, 9.17) is 19.3 Å². The lowest BCUT2D eigenvalue weighted by Gasteiger charge is -2.10. The molecule has 166 valence electrons. The van der Waals surface area contributed by atoms with Gasteiger partial charge in [-0.05, 0) is 52.0 Å². The Hall–Kier alpha value is -2.26. The van der Waals surface area contributed by atoms with Gasteiger partial charge in [-0.25, -0.2) is 0 Å². The zero-order chi connectivity index (χ0) is 23.6. The van der Waals surface area contributed by atoms with Crippen molar-refractivity contribution in [3.8, 4) is 11.8 Å². The number of rotatable bonds is 2. The van der Waals surface area contributed by atoms with Gasteiger partial charge in [0.25, 0.3) is 20.2 Å². The average molecular weight is 459 g/mol. The van der Waals surface area contributed by atoms with Crippen molar-refractivity contribution in [2.24, 2.45) is 0 Å². The summed E-state index contributed by atoms with van der Waals surface area (Å²) in [6.45, 7) is 6.30. The van der Waals surface area contributed by atoms with E-state index in [0.29, 0.717) is 0 Å². The molecule has 2 rings (SSSR count). The molecule has 0 aliphatic rings. The van der Waals surface area contributed by atoms with Crippen LogP contribution in [0, 0.1) is 11.8 Å². The van der Waals surface area contributed by atoms with Gasteiger partial charge in [-0.3, -0.25) is 9.11 Å². The Kier molecular flexibility index (Phi) is 10.4. The van der Waals surface area contributed by atoms with Crippen molar-refractivity contribution < 1.29 is 36.2 Å². The van der Waals surface area contributed by atoms with Crippen molar-refractivity contribution in [3.05, 3.63) is 60.7 Å². The van der Waals surface area contributed by atoms with Crippen molar-refractivity contribution in [1.82, 2.24) is 0 Å². The van der Waals surface area contributed by atoms with E-state index in [1.807, 2.05) is 0 Å². The summed E-state index contributed by atoms with van der Waals surface area (Å²) < 4.78 is 58.5. The lowest BCUT2D eigenvalue weighted by molar-refractivity contribution is 0.131. The second-order valence-corrected chi connectivity index (χ2v) is 9.79. The largest absolute Gasteiger partial charge is 0.378 e. The maximum atomic E-state index is 10.4. The molecule has 0 heterocycles. The van der Waals surface area contributed by atoms with Gasteiger partial charge in [0.1, 0.15) is 11.2 Å². The van der Waals surface area contributed by atoms with Gasteiger partial charge in [0.15, 0.2) is 0 Å². The summed E-state index contributed by atoms with van der Waals surface area (Å²) in [7, 11) is -8.01. The molecule has 0 aliphatic carbocycles. The van der Waals surface area contributed by atoms with Crippen LogP contribution in [-0.4, -0.2) is 47.4 Å². The third kappa shape index (κ3) is 14.7. The summed E-state index contributed by atoms with van der Waals surface area (Å²) in [5, 5.41) is 18.2. The highest BCUT2D eigenvalue weighted by atomic mass is 32.2. The molecule has 0 radical (unpaired) electrons. The molecule has 0 saturated carbocycles. The molecule has 0 unspecified atom stereocenters. The molecule has 2 aromatic rings. The molecule has 4 N–H and O–H groups in total. The van der Waals surface area contributed by atoms with Crippen LogP contribution in [0.15, 0.2) is 70.5 Å².